The zero-order chi connectivity index (χ0) is 15.0. The highest BCUT2D eigenvalue weighted by atomic mass is 32.2. The number of likely N-dealkylation sites (tertiary alicyclic amines) is 1. The Morgan fingerprint density at radius 3 is 2.20 bits per heavy atom. The highest BCUT2D eigenvalue weighted by Gasteiger charge is 2.38. The maximum Gasteiger partial charge on any atom is 0.320 e. The van der Waals surface area contributed by atoms with E-state index in [0.717, 1.165) is 19.4 Å². The van der Waals surface area contributed by atoms with Gasteiger partial charge in [-0.3, -0.25) is 0 Å². The molecule has 0 N–H and O–H groups in total. The first-order chi connectivity index (χ1) is 9.21. The molecule has 2 heterocycles. The second-order valence-corrected chi connectivity index (χ2v) is 9.30. The third kappa shape index (κ3) is 3.45. The van der Waals surface area contributed by atoms with Crippen LogP contribution in [-0.2, 0) is 9.84 Å². The Labute approximate surface area is 122 Å². The van der Waals surface area contributed by atoms with Gasteiger partial charge in [0.25, 0.3) is 0 Å². The van der Waals surface area contributed by atoms with Crippen LogP contribution in [0, 0.1) is 5.41 Å². The van der Waals surface area contributed by atoms with Gasteiger partial charge in [0, 0.05) is 25.7 Å². The summed E-state index contributed by atoms with van der Waals surface area (Å²) in [5, 5.41) is 0. The summed E-state index contributed by atoms with van der Waals surface area (Å²) in [6, 6.07) is 0.279. The minimum Gasteiger partial charge on any atom is -0.323 e. The minimum absolute atomic E-state index is 0.0273. The van der Waals surface area contributed by atoms with E-state index in [-0.39, 0.29) is 29.0 Å². The molecule has 2 fully saturated rings. The van der Waals surface area contributed by atoms with E-state index in [4.69, 9.17) is 0 Å². The lowest BCUT2D eigenvalue weighted by Crippen LogP contribution is -2.56. The van der Waals surface area contributed by atoms with Crippen LogP contribution in [0.3, 0.4) is 0 Å². The first-order valence-corrected chi connectivity index (χ1v) is 9.29. The van der Waals surface area contributed by atoms with Crippen LogP contribution in [0.15, 0.2) is 0 Å². The molecule has 0 saturated carbocycles. The average molecular weight is 302 g/mol. The molecule has 0 radical (unpaired) electrons. The standard InChI is InChI=1S/C14H26N2O3S/c1-14(2,3)12-6-4-5-7-16(12)13(17)15-8-10-20(18,19)11-9-15/h12H,4-11H2,1-3H3. The van der Waals surface area contributed by atoms with Crippen LogP contribution in [0.5, 0.6) is 0 Å². The largest absolute Gasteiger partial charge is 0.323 e. The first-order valence-electron chi connectivity index (χ1n) is 7.47. The van der Waals surface area contributed by atoms with Crippen molar-refractivity contribution in [1.29, 1.82) is 0 Å². The second-order valence-electron chi connectivity index (χ2n) is 6.99. The van der Waals surface area contributed by atoms with E-state index in [1.165, 1.54) is 6.42 Å². The van der Waals surface area contributed by atoms with E-state index in [1.807, 2.05) is 4.90 Å². The Morgan fingerprint density at radius 2 is 1.65 bits per heavy atom. The molecule has 2 aliphatic rings. The summed E-state index contributed by atoms with van der Waals surface area (Å²) in [6.45, 7) is 7.99. The van der Waals surface area contributed by atoms with Gasteiger partial charge in [0.15, 0.2) is 9.84 Å². The number of urea groups is 1. The van der Waals surface area contributed by atoms with E-state index in [9.17, 15) is 13.2 Å². The van der Waals surface area contributed by atoms with E-state index in [2.05, 4.69) is 20.8 Å². The van der Waals surface area contributed by atoms with Crippen molar-refractivity contribution in [2.24, 2.45) is 5.41 Å². The number of carbonyl (C=O) groups excluding carboxylic acids is 1. The number of hydrogen-bond donors (Lipinski definition) is 0. The van der Waals surface area contributed by atoms with Crippen molar-refractivity contribution in [3.05, 3.63) is 0 Å². The van der Waals surface area contributed by atoms with Crippen LogP contribution in [0.2, 0.25) is 0 Å². The highest BCUT2D eigenvalue weighted by Crippen LogP contribution is 2.32. The number of rotatable bonds is 0. The maximum atomic E-state index is 12.7. The highest BCUT2D eigenvalue weighted by molar-refractivity contribution is 7.91. The molecule has 0 spiro atoms. The molecule has 1 atom stereocenters. The normalized spacial score (nSPS) is 27.4. The predicted octanol–water partition coefficient (Wildman–Crippen LogP) is 1.74. The number of hydrogen-bond acceptors (Lipinski definition) is 3. The number of carbonyl (C=O) groups is 1. The molecule has 2 rings (SSSR count). The van der Waals surface area contributed by atoms with E-state index in [0.29, 0.717) is 13.1 Å². The molecule has 116 valence electrons. The Kier molecular flexibility index (Phi) is 4.33. The molecule has 2 amide bonds. The Balaban J connectivity index is 2.07. The first kappa shape index (κ1) is 15.6. The van der Waals surface area contributed by atoms with Gasteiger partial charge in [0.1, 0.15) is 0 Å². The fourth-order valence-corrected chi connectivity index (χ4v) is 4.35. The number of amides is 2. The molecule has 1 unspecified atom stereocenters. The Bertz CT molecular complexity index is 453. The monoisotopic (exact) mass is 302 g/mol. The molecule has 0 bridgehead atoms. The molecule has 0 aliphatic carbocycles. The number of nitrogens with zero attached hydrogens (tertiary/aromatic N) is 2. The van der Waals surface area contributed by atoms with Gasteiger partial charge in [-0.1, -0.05) is 20.8 Å². The third-order valence-corrected chi connectivity index (χ3v) is 5.97. The van der Waals surface area contributed by atoms with Crippen molar-refractivity contribution in [1.82, 2.24) is 9.80 Å². The van der Waals surface area contributed by atoms with Crippen LogP contribution < -0.4 is 0 Å². The van der Waals surface area contributed by atoms with Gasteiger partial charge in [-0.05, 0) is 24.7 Å². The van der Waals surface area contributed by atoms with Crippen molar-refractivity contribution in [3.8, 4) is 0 Å². The summed E-state index contributed by atoms with van der Waals surface area (Å²) in [6.07, 6.45) is 3.26. The molecule has 6 heteroatoms. The van der Waals surface area contributed by atoms with Crippen molar-refractivity contribution >= 4 is 15.9 Å². The number of sulfone groups is 1. The van der Waals surface area contributed by atoms with Gasteiger partial charge in [0.05, 0.1) is 11.5 Å². The van der Waals surface area contributed by atoms with E-state index >= 15 is 0 Å². The molecule has 0 aromatic carbocycles. The van der Waals surface area contributed by atoms with E-state index in [1.54, 1.807) is 4.90 Å². The number of piperidine rings is 1. The summed E-state index contributed by atoms with van der Waals surface area (Å²) in [7, 11) is -2.93. The fourth-order valence-electron chi connectivity index (χ4n) is 3.15. The lowest BCUT2D eigenvalue weighted by Gasteiger charge is -2.45. The van der Waals surface area contributed by atoms with Gasteiger partial charge < -0.3 is 9.80 Å². The topological polar surface area (TPSA) is 57.7 Å². The summed E-state index contributed by atoms with van der Waals surface area (Å²) < 4.78 is 22.9. The van der Waals surface area contributed by atoms with Gasteiger partial charge in [0.2, 0.25) is 0 Å². The molecule has 2 aliphatic heterocycles. The summed E-state index contributed by atoms with van der Waals surface area (Å²) in [5.41, 5.74) is 0.0674. The smallest absolute Gasteiger partial charge is 0.320 e. The van der Waals surface area contributed by atoms with Crippen LogP contribution in [0.25, 0.3) is 0 Å². The third-order valence-electron chi connectivity index (χ3n) is 4.36. The lowest BCUT2D eigenvalue weighted by atomic mass is 9.81. The quantitative estimate of drug-likeness (QED) is 0.685. The van der Waals surface area contributed by atoms with Crippen LogP contribution in [-0.4, -0.2) is 61.4 Å². The molecule has 0 aromatic rings. The Morgan fingerprint density at radius 1 is 1.05 bits per heavy atom. The van der Waals surface area contributed by atoms with Crippen LogP contribution in [0.4, 0.5) is 4.79 Å². The summed E-state index contributed by atoms with van der Waals surface area (Å²) >= 11 is 0. The van der Waals surface area contributed by atoms with Gasteiger partial charge in [-0.15, -0.1) is 0 Å². The summed E-state index contributed by atoms with van der Waals surface area (Å²) in [4.78, 5) is 16.4. The lowest BCUT2D eigenvalue weighted by molar-refractivity contribution is 0.0680. The summed E-state index contributed by atoms with van der Waals surface area (Å²) in [5.74, 6) is 0.208. The molecular weight excluding hydrogens is 276 g/mol. The van der Waals surface area contributed by atoms with Crippen molar-refractivity contribution in [2.75, 3.05) is 31.1 Å². The predicted molar refractivity (Wildman–Crippen MR) is 79.4 cm³/mol. The van der Waals surface area contributed by atoms with Crippen LogP contribution >= 0.6 is 0 Å². The van der Waals surface area contributed by atoms with Gasteiger partial charge in [-0.25, -0.2) is 13.2 Å². The molecule has 5 nitrogen and oxygen atoms in total. The minimum atomic E-state index is -2.93. The maximum absolute atomic E-state index is 12.7. The zero-order valence-electron chi connectivity index (χ0n) is 12.8. The average Bonchev–Trinajstić information content (AvgIpc) is 2.37. The molecule has 2 saturated heterocycles. The van der Waals surface area contributed by atoms with Gasteiger partial charge in [-0.2, -0.15) is 0 Å². The second kappa shape index (κ2) is 5.54. The molecule has 0 aromatic heterocycles. The van der Waals surface area contributed by atoms with Crippen molar-refractivity contribution in [3.63, 3.8) is 0 Å². The van der Waals surface area contributed by atoms with Crippen molar-refractivity contribution < 1.29 is 13.2 Å². The van der Waals surface area contributed by atoms with Gasteiger partial charge >= 0.3 is 6.03 Å². The molecule has 20 heavy (non-hydrogen) atoms. The SMILES string of the molecule is CC(C)(C)C1CCCCN1C(=O)N1CCS(=O)(=O)CC1. The van der Waals surface area contributed by atoms with Crippen molar-refractivity contribution in [2.45, 2.75) is 46.1 Å². The zero-order valence-corrected chi connectivity index (χ0v) is 13.6. The fraction of sp³-hybridized carbons (Fsp3) is 0.929. The van der Waals surface area contributed by atoms with Crippen LogP contribution in [0.1, 0.15) is 40.0 Å². The Hall–Kier alpha value is -0.780. The van der Waals surface area contributed by atoms with E-state index < -0.39 is 9.84 Å². The molecular formula is C14H26N2O3S.